The fourth-order valence-corrected chi connectivity index (χ4v) is 2.56. The zero-order valence-electron chi connectivity index (χ0n) is 13.9. The summed E-state index contributed by atoms with van der Waals surface area (Å²) in [7, 11) is 0. The number of nitrogens with zero attached hydrogens (tertiary/aromatic N) is 3. The van der Waals surface area contributed by atoms with Crippen LogP contribution in [0, 0.1) is 0 Å². The summed E-state index contributed by atoms with van der Waals surface area (Å²) in [5.41, 5.74) is 8.53. The SMILES string of the molecule is Nc1ncccc1-c1cc(Cc2ccc(Oc3ccccn3)cc2)no1. The largest absolute Gasteiger partial charge is 0.439 e. The van der Waals surface area contributed by atoms with Crippen molar-refractivity contribution >= 4 is 5.82 Å². The maximum absolute atomic E-state index is 5.88. The Morgan fingerprint density at radius 2 is 1.77 bits per heavy atom. The van der Waals surface area contributed by atoms with Crippen LogP contribution in [0.3, 0.4) is 0 Å². The summed E-state index contributed by atoms with van der Waals surface area (Å²) in [6, 6.07) is 18.9. The summed E-state index contributed by atoms with van der Waals surface area (Å²) in [6.07, 6.45) is 3.99. The summed E-state index contributed by atoms with van der Waals surface area (Å²) in [5.74, 6) is 2.33. The van der Waals surface area contributed by atoms with Crippen LogP contribution in [0.4, 0.5) is 5.82 Å². The first-order valence-electron chi connectivity index (χ1n) is 8.12. The summed E-state index contributed by atoms with van der Waals surface area (Å²) in [6.45, 7) is 0. The Morgan fingerprint density at radius 1 is 0.923 bits per heavy atom. The maximum atomic E-state index is 5.88. The Hall–Kier alpha value is -3.67. The molecule has 0 radical (unpaired) electrons. The van der Waals surface area contributed by atoms with Gasteiger partial charge in [-0.25, -0.2) is 9.97 Å². The maximum Gasteiger partial charge on any atom is 0.219 e. The second-order valence-electron chi connectivity index (χ2n) is 5.71. The molecule has 0 atom stereocenters. The first-order chi connectivity index (χ1) is 12.8. The second kappa shape index (κ2) is 7.06. The highest BCUT2D eigenvalue weighted by atomic mass is 16.5. The molecule has 4 aromatic rings. The van der Waals surface area contributed by atoms with Gasteiger partial charge >= 0.3 is 0 Å². The van der Waals surface area contributed by atoms with Gasteiger partial charge in [0.25, 0.3) is 0 Å². The third-order valence-corrected chi connectivity index (χ3v) is 3.83. The molecule has 0 aliphatic carbocycles. The van der Waals surface area contributed by atoms with Crippen molar-refractivity contribution in [3.05, 3.63) is 84.3 Å². The van der Waals surface area contributed by atoms with Crippen LogP contribution in [-0.2, 0) is 6.42 Å². The molecule has 0 aliphatic rings. The van der Waals surface area contributed by atoms with Crippen molar-refractivity contribution < 1.29 is 9.26 Å². The molecular weight excluding hydrogens is 328 g/mol. The predicted octanol–water partition coefficient (Wildman–Crippen LogP) is 4.10. The molecule has 4 rings (SSSR count). The van der Waals surface area contributed by atoms with E-state index in [0.717, 1.165) is 22.6 Å². The summed E-state index contributed by atoms with van der Waals surface area (Å²) in [5, 5.41) is 4.12. The van der Waals surface area contributed by atoms with Crippen molar-refractivity contribution in [3.63, 3.8) is 0 Å². The molecule has 6 heteroatoms. The number of pyridine rings is 2. The third-order valence-electron chi connectivity index (χ3n) is 3.83. The van der Waals surface area contributed by atoms with E-state index < -0.39 is 0 Å². The van der Waals surface area contributed by atoms with Gasteiger partial charge in [-0.05, 0) is 35.9 Å². The number of hydrogen-bond donors (Lipinski definition) is 1. The average molecular weight is 344 g/mol. The van der Waals surface area contributed by atoms with E-state index in [0.29, 0.717) is 23.9 Å². The number of hydrogen-bond acceptors (Lipinski definition) is 6. The van der Waals surface area contributed by atoms with Gasteiger partial charge in [0.1, 0.15) is 11.6 Å². The molecule has 3 aromatic heterocycles. The molecule has 0 amide bonds. The van der Waals surface area contributed by atoms with Gasteiger partial charge in [-0.1, -0.05) is 23.4 Å². The standard InChI is InChI=1S/C20H16N4O2/c21-20-17(4-3-11-23-20)18-13-15(24-26-18)12-14-6-8-16(9-7-14)25-19-5-1-2-10-22-19/h1-11,13H,12H2,(H2,21,23). The Balaban J connectivity index is 1.46. The normalized spacial score (nSPS) is 10.6. The van der Waals surface area contributed by atoms with Crippen molar-refractivity contribution in [2.75, 3.05) is 5.73 Å². The van der Waals surface area contributed by atoms with E-state index in [1.165, 1.54) is 0 Å². The van der Waals surface area contributed by atoms with Gasteiger partial charge in [-0.2, -0.15) is 0 Å². The molecular formula is C20H16N4O2. The number of anilines is 1. The van der Waals surface area contributed by atoms with Crippen LogP contribution in [0.2, 0.25) is 0 Å². The molecule has 2 N–H and O–H groups in total. The average Bonchev–Trinajstić information content (AvgIpc) is 3.13. The smallest absolute Gasteiger partial charge is 0.219 e. The van der Waals surface area contributed by atoms with Gasteiger partial charge in [0.05, 0.1) is 11.3 Å². The highest BCUT2D eigenvalue weighted by molar-refractivity contribution is 5.69. The van der Waals surface area contributed by atoms with Gasteiger partial charge in [-0.15, -0.1) is 0 Å². The van der Waals surface area contributed by atoms with Gasteiger partial charge < -0.3 is 15.0 Å². The van der Waals surface area contributed by atoms with Crippen LogP contribution in [0.25, 0.3) is 11.3 Å². The molecule has 0 unspecified atom stereocenters. The zero-order valence-corrected chi connectivity index (χ0v) is 13.9. The topological polar surface area (TPSA) is 87.1 Å². The Labute approximate surface area is 150 Å². The quantitative estimate of drug-likeness (QED) is 0.586. The Bertz CT molecular complexity index is 998. The van der Waals surface area contributed by atoms with E-state index in [9.17, 15) is 0 Å². The molecule has 0 spiro atoms. The van der Waals surface area contributed by atoms with Crippen LogP contribution in [0.5, 0.6) is 11.6 Å². The Morgan fingerprint density at radius 3 is 2.54 bits per heavy atom. The van der Waals surface area contributed by atoms with E-state index in [1.54, 1.807) is 12.4 Å². The molecule has 3 heterocycles. The van der Waals surface area contributed by atoms with Crippen LogP contribution in [0.15, 0.2) is 77.6 Å². The van der Waals surface area contributed by atoms with Crippen LogP contribution in [0.1, 0.15) is 11.3 Å². The van der Waals surface area contributed by atoms with Crippen molar-refractivity contribution in [1.29, 1.82) is 0 Å². The fourth-order valence-electron chi connectivity index (χ4n) is 2.56. The van der Waals surface area contributed by atoms with Crippen molar-refractivity contribution in [1.82, 2.24) is 15.1 Å². The van der Waals surface area contributed by atoms with Gasteiger partial charge in [0.2, 0.25) is 5.88 Å². The van der Waals surface area contributed by atoms with Gasteiger partial charge in [0, 0.05) is 30.9 Å². The van der Waals surface area contributed by atoms with Gasteiger partial charge in [-0.3, -0.25) is 0 Å². The van der Waals surface area contributed by atoms with Crippen LogP contribution < -0.4 is 10.5 Å². The van der Waals surface area contributed by atoms with E-state index in [-0.39, 0.29) is 0 Å². The molecule has 0 aliphatic heterocycles. The molecule has 0 saturated carbocycles. The van der Waals surface area contributed by atoms with Crippen molar-refractivity contribution in [2.45, 2.75) is 6.42 Å². The molecule has 0 fully saturated rings. The minimum absolute atomic E-state index is 0.422. The van der Waals surface area contributed by atoms with Crippen LogP contribution in [-0.4, -0.2) is 15.1 Å². The minimum atomic E-state index is 0.422. The summed E-state index contributed by atoms with van der Waals surface area (Å²) < 4.78 is 11.1. The number of nitrogen functional groups attached to an aromatic ring is 1. The molecule has 1 aromatic carbocycles. The van der Waals surface area contributed by atoms with E-state index >= 15 is 0 Å². The van der Waals surface area contributed by atoms with Gasteiger partial charge in [0.15, 0.2) is 5.76 Å². The van der Waals surface area contributed by atoms with E-state index in [2.05, 4.69) is 15.1 Å². The Kier molecular flexibility index (Phi) is 4.30. The lowest BCUT2D eigenvalue weighted by Crippen LogP contribution is -1.92. The second-order valence-corrected chi connectivity index (χ2v) is 5.71. The number of aromatic nitrogens is 3. The first-order valence-corrected chi connectivity index (χ1v) is 8.12. The van der Waals surface area contributed by atoms with Crippen LogP contribution >= 0.6 is 0 Å². The predicted molar refractivity (Wildman–Crippen MR) is 97.7 cm³/mol. The lowest BCUT2D eigenvalue weighted by Gasteiger charge is -2.05. The summed E-state index contributed by atoms with van der Waals surface area (Å²) in [4.78, 5) is 8.21. The molecule has 128 valence electrons. The first kappa shape index (κ1) is 15.8. The monoisotopic (exact) mass is 344 g/mol. The lowest BCUT2D eigenvalue weighted by molar-refractivity contribution is 0.425. The molecule has 0 saturated heterocycles. The number of rotatable bonds is 5. The summed E-state index contributed by atoms with van der Waals surface area (Å²) >= 11 is 0. The highest BCUT2D eigenvalue weighted by Crippen LogP contribution is 2.26. The molecule has 6 nitrogen and oxygen atoms in total. The lowest BCUT2D eigenvalue weighted by atomic mass is 10.1. The van der Waals surface area contributed by atoms with Crippen molar-refractivity contribution in [3.8, 4) is 23.0 Å². The molecule has 26 heavy (non-hydrogen) atoms. The number of nitrogens with two attached hydrogens (primary N) is 1. The van der Waals surface area contributed by atoms with E-state index in [1.807, 2.05) is 60.7 Å². The molecule has 0 bridgehead atoms. The minimum Gasteiger partial charge on any atom is -0.439 e. The van der Waals surface area contributed by atoms with E-state index in [4.69, 9.17) is 15.0 Å². The number of ether oxygens (including phenoxy) is 1. The third kappa shape index (κ3) is 3.54. The zero-order chi connectivity index (χ0) is 17.8. The number of benzene rings is 1. The van der Waals surface area contributed by atoms with Crippen molar-refractivity contribution in [2.24, 2.45) is 0 Å². The fraction of sp³-hybridized carbons (Fsp3) is 0.0500. The highest BCUT2D eigenvalue weighted by Gasteiger charge is 2.10.